The fraction of sp³-hybridized carbons (Fsp3) is 0.467. The van der Waals surface area contributed by atoms with Crippen LogP contribution in [0.2, 0.25) is 0 Å². The van der Waals surface area contributed by atoms with Crippen LogP contribution < -0.4 is 9.47 Å². The van der Waals surface area contributed by atoms with E-state index in [1.54, 1.807) is 29.2 Å². The highest BCUT2D eigenvalue weighted by Crippen LogP contribution is 2.40. The third kappa shape index (κ3) is 6.92. The average Bonchev–Trinajstić information content (AvgIpc) is 3.17. The number of likely N-dealkylation sites (tertiary alicyclic amines) is 1. The molecule has 37 heavy (non-hydrogen) atoms. The summed E-state index contributed by atoms with van der Waals surface area (Å²) in [6.07, 6.45) is 2.73. The first kappa shape index (κ1) is 28.3. The van der Waals surface area contributed by atoms with E-state index >= 15 is 0 Å². The molecule has 2 aromatic carbocycles. The quantitative estimate of drug-likeness (QED) is 0.159. The van der Waals surface area contributed by atoms with Crippen molar-refractivity contribution in [2.45, 2.75) is 53.0 Å². The van der Waals surface area contributed by atoms with E-state index < -0.39 is 17.7 Å². The lowest BCUT2D eigenvalue weighted by Crippen LogP contribution is -2.33. The van der Waals surface area contributed by atoms with Gasteiger partial charge in [0.05, 0.1) is 24.8 Å². The number of aliphatic hydroxyl groups is 1. The molecule has 2 aromatic rings. The van der Waals surface area contributed by atoms with Crippen molar-refractivity contribution in [3.63, 3.8) is 0 Å². The Bertz CT molecular complexity index is 1060. The zero-order valence-corrected chi connectivity index (χ0v) is 22.5. The van der Waals surface area contributed by atoms with Crippen molar-refractivity contribution >= 4 is 17.4 Å². The number of nitrogens with zero attached hydrogens (tertiary/aromatic N) is 2. The fourth-order valence-electron chi connectivity index (χ4n) is 4.57. The number of ether oxygens (including phenoxy) is 2. The molecular formula is C30H40N2O5. The molecule has 0 bridgehead atoms. The molecule has 3 rings (SSSR count). The molecular weight excluding hydrogens is 468 g/mol. The second kappa shape index (κ2) is 13.8. The lowest BCUT2D eigenvalue weighted by molar-refractivity contribution is -0.140. The Balaban J connectivity index is 1.95. The van der Waals surface area contributed by atoms with Crippen molar-refractivity contribution in [2.75, 3.05) is 39.4 Å². The van der Waals surface area contributed by atoms with Gasteiger partial charge in [-0.2, -0.15) is 0 Å². The van der Waals surface area contributed by atoms with Gasteiger partial charge in [-0.3, -0.25) is 9.59 Å². The fourth-order valence-corrected chi connectivity index (χ4v) is 4.57. The van der Waals surface area contributed by atoms with Crippen LogP contribution in [0.15, 0.2) is 54.1 Å². The number of hydrogen-bond donors (Lipinski definition) is 1. The monoisotopic (exact) mass is 508 g/mol. The second-order valence-corrected chi connectivity index (χ2v) is 9.10. The molecule has 0 radical (unpaired) electrons. The van der Waals surface area contributed by atoms with Crippen LogP contribution in [0.3, 0.4) is 0 Å². The van der Waals surface area contributed by atoms with Crippen LogP contribution in [-0.4, -0.2) is 66.0 Å². The van der Waals surface area contributed by atoms with Crippen molar-refractivity contribution in [2.24, 2.45) is 0 Å². The molecule has 0 saturated carbocycles. The molecule has 0 aliphatic carbocycles. The molecule has 1 aliphatic heterocycles. The molecule has 1 unspecified atom stereocenters. The van der Waals surface area contributed by atoms with Gasteiger partial charge in [0.2, 0.25) is 0 Å². The first-order valence-corrected chi connectivity index (χ1v) is 13.4. The van der Waals surface area contributed by atoms with E-state index in [-0.39, 0.29) is 11.3 Å². The Morgan fingerprint density at radius 1 is 0.892 bits per heavy atom. The van der Waals surface area contributed by atoms with Gasteiger partial charge in [-0.15, -0.1) is 0 Å². The molecule has 1 saturated heterocycles. The lowest BCUT2D eigenvalue weighted by Gasteiger charge is -2.27. The number of amides is 1. The Kier molecular flexibility index (Phi) is 10.6. The molecule has 1 heterocycles. The van der Waals surface area contributed by atoms with Gasteiger partial charge in [-0.05, 0) is 81.4 Å². The minimum Gasteiger partial charge on any atom is -0.507 e. The first-order chi connectivity index (χ1) is 17.9. The summed E-state index contributed by atoms with van der Waals surface area (Å²) < 4.78 is 11.3. The van der Waals surface area contributed by atoms with Crippen LogP contribution in [-0.2, 0) is 9.59 Å². The number of ketones is 1. The predicted molar refractivity (Wildman–Crippen MR) is 146 cm³/mol. The largest absolute Gasteiger partial charge is 0.507 e. The highest BCUT2D eigenvalue weighted by atomic mass is 16.5. The van der Waals surface area contributed by atoms with E-state index in [1.807, 2.05) is 31.2 Å². The summed E-state index contributed by atoms with van der Waals surface area (Å²) >= 11 is 0. The van der Waals surface area contributed by atoms with Gasteiger partial charge in [0.25, 0.3) is 11.7 Å². The van der Waals surface area contributed by atoms with Gasteiger partial charge in [0, 0.05) is 12.1 Å². The summed E-state index contributed by atoms with van der Waals surface area (Å²) in [6.45, 7) is 12.5. The van der Waals surface area contributed by atoms with Gasteiger partial charge in [0.1, 0.15) is 17.3 Å². The minimum absolute atomic E-state index is 0.108. The second-order valence-electron chi connectivity index (χ2n) is 9.10. The van der Waals surface area contributed by atoms with Crippen molar-refractivity contribution in [3.8, 4) is 11.5 Å². The van der Waals surface area contributed by atoms with Crippen molar-refractivity contribution < 1.29 is 24.2 Å². The third-order valence-electron chi connectivity index (χ3n) is 6.71. The summed E-state index contributed by atoms with van der Waals surface area (Å²) in [7, 11) is 0. The maximum Gasteiger partial charge on any atom is 0.295 e. The topological polar surface area (TPSA) is 79.3 Å². The summed E-state index contributed by atoms with van der Waals surface area (Å²) in [4.78, 5) is 30.3. The molecule has 1 atom stereocenters. The highest BCUT2D eigenvalue weighted by Gasteiger charge is 2.45. The molecule has 7 nitrogen and oxygen atoms in total. The maximum absolute atomic E-state index is 13.3. The smallest absolute Gasteiger partial charge is 0.295 e. The van der Waals surface area contributed by atoms with Crippen LogP contribution in [0.1, 0.15) is 64.1 Å². The molecule has 1 fully saturated rings. The molecule has 1 aliphatic rings. The molecule has 0 spiro atoms. The van der Waals surface area contributed by atoms with Crippen molar-refractivity contribution in [1.29, 1.82) is 0 Å². The van der Waals surface area contributed by atoms with E-state index in [4.69, 9.17) is 9.47 Å². The standard InChI is InChI=1S/C30H40N2O5/c1-5-9-21-37-25-17-13-23(14-18-25)28(33)26-27(22-11-15-24(16-12-22)36-8-4)32(30(35)29(26)34)20-10-19-31(6-2)7-3/h11-18,27,33H,5-10,19-21H2,1-4H3/b28-26+. The van der Waals surface area contributed by atoms with Gasteiger partial charge in [0.15, 0.2) is 0 Å². The van der Waals surface area contributed by atoms with Gasteiger partial charge in [-0.25, -0.2) is 0 Å². The number of rotatable bonds is 14. The van der Waals surface area contributed by atoms with Gasteiger partial charge >= 0.3 is 0 Å². The Hall–Kier alpha value is -3.32. The van der Waals surface area contributed by atoms with Crippen LogP contribution in [0, 0.1) is 0 Å². The van der Waals surface area contributed by atoms with Crippen LogP contribution in [0.5, 0.6) is 11.5 Å². The third-order valence-corrected chi connectivity index (χ3v) is 6.71. The number of carbonyl (C=O) groups is 2. The first-order valence-electron chi connectivity index (χ1n) is 13.4. The lowest BCUT2D eigenvalue weighted by atomic mass is 9.95. The molecule has 1 amide bonds. The van der Waals surface area contributed by atoms with Gasteiger partial charge < -0.3 is 24.4 Å². The van der Waals surface area contributed by atoms with Gasteiger partial charge in [-0.1, -0.05) is 39.3 Å². The number of Topliss-reactive ketones (excluding diaryl/α,β-unsaturated/α-hetero) is 1. The molecule has 0 aromatic heterocycles. The number of unbranched alkanes of at least 4 members (excludes halogenated alkanes) is 1. The van der Waals surface area contributed by atoms with Crippen molar-refractivity contribution in [1.82, 2.24) is 9.80 Å². The normalized spacial score (nSPS) is 17.0. The van der Waals surface area contributed by atoms with E-state index in [0.29, 0.717) is 36.8 Å². The average molecular weight is 509 g/mol. The number of aliphatic hydroxyl groups excluding tert-OH is 1. The van der Waals surface area contributed by atoms with E-state index in [2.05, 4.69) is 25.7 Å². The number of carbonyl (C=O) groups excluding carboxylic acids is 2. The highest BCUT2D eigenvalue weighted by molar-refractivity contribution is 6.46. The molecule has 1 N–H and O–H groups in total. The zero-order valence-electron chi connectivity index (χ0n) is 22.5. The number of hydrogen-bond acceptors (Lipinski definition) is 6. The van der Waals surface area contributed by atoms with E-state index in [1.165, 1.54) is 0 Å². The van der Waals surface area contributed by atoms with E-state index in [0.717, 1.165) is 44.5 Å². The Morgan fingerprint density at radius 3 is 2.11 bits per heavy atom. The summed E-state index contributed by atoms with van der Waals surface area (Å²) in [5, 5.41) is 11.3. The Morgan fingerprint density at radius 2 is 1.51 bits per heavy atom. The summed E-state index contributed by atoms with van der Waals surface area (Å²) in [5.74, 6) is -0.0149. The Labute approximate surface area is 220 Å². The maximum atomic E-state index is 13.3. The summed E-state index contributed by atoms with van der Waals surface area (Å²) in [5.41, 5.74) is 1.34. The van der Waals surface area contributed by atoms with Crippen LogP contribution in [0.25, 0.3) is 5.76 Å². The van der Waals surface area contributed by atoms with Crippen LogP contribution in [0.4, 0.5) is 0 Å². The molecule has 200 valence electrons. The van der Waals surface area contributed by atoms with Crippen LogP contribution >= 0.6 is 0 Å². The minimum atomic E-state index is -0.673. The van der Waals surface area contributed by atoms with E-state index in [9.17, 15) is 14.7 Å². The predicted octanol–water partition coefficient (Wildman–Crippen LogP) is 5.42. The number of benzene rings is 2. The van der Waals surface area contributed by atoms with Crippen molar-refractivity contribution in [3.05, 3.63) is 65.2 Å². The summed E-state index contributed by atoms with van der Waals surface area (Å²) in [6, 6.07) is 13.7. The zero-order chi connectivity index (χ0) is 26.8. The molecule has 7 heteroatoms. The SMILES string of the molecule is CCCCOc1ccc(/C(O)=C2\C(=O)C(=O)N(CCCN(CC)CC)C2c2ccc(OCC)cc2)cc1.